The summed E-state index contributed by atoms with van der Waals surface area (Å²) in [5, 5.41) is 0.901. The van der Waals surface area contributed by atoms with Crippen LogP contribution in [0.5, 0.6) is 5.88 Å². The second kappa shape index (κ2) is 5.50. The first-order chi connectivity index (χ1) is 8.70. The maximum Gasteiger partial charge on any atom is 0.251 e. The van der Waals surface area contributed by atoms with Crippen molar-refractivity contribution in [3.8, 4) is 5.88 Å². The van der Waals surface area contributed by atoms with Crippen molar-refractivity contribution in [3.63, 3.8) is 0 Å². The molecule has 7 nitrogen and oxygen atoms in total. The van der Waals surface area contributed by atoms with Crippen LogP contribution in [0.15, 0.2) is 33.6 Å². The fourth-order valence-corrected chi connectivity index (χ4v) is 1.94. The molecule has 0 fully saturated rings. The zero-order chi connectivity index (χ0) is 13.0. The van der Waals surface area contributed by atoms with E-state index in [9.17, 15) is 4.79 Å². The highest BCUT2D eigenvalue weighted by atomic mass is 32.2. The van der Waals surface area contributed by atoms with Crippen LogP contribution in [0, 0.1) is 0 Å². The molecular weight excluding hydrogens is 254 g/mol. The molecule has 0 bridgehead atoms. The number of aromatic amines is 1. The van der Waals surface area contributed by atoms with Crippen molar-refractivity contribution in [2.75, 3.05) is 12.3 Å². The van der Waals surface area contributed by atoms with Gasteiger partial charge in [-0.25, -0.2) is 9.97 Å². The van der Waals surface area contributed by atoms with Gasteiger partial charge in [0.1, 0.15) is 17.0 Å². The van der Waals surface area contributed by atoms with Crippen LogP contribution in [0.2, 0.25) is 0 Å². The van der Waals surface area contributed by atoms with Gasteiger partial charge in [0.05, 0.1) is 6.61 Å². The molecule has 0 radical (unpaired) electrons. The van der Waals surface area contributed by atoms with Gasteiger partial charge >= 0.3 is 0 Å². The van der Waals surface area contributed by atoms with Crippen LogP contribution >= 0.6 is 11.8 Å². The van der Waals surface area contributed by atoms with Gasteiger partial charge in [0.15, 0.2) is 5.16 Å². The predicted molar refractivity (Wildman–Crippen MR) is 66.6 cm³/mol. The number of anilines is 1. The number of rotatable bonds is 4. The summed E-state index contributed by atoms with van der Waals surface area (Å²) in [7, 11) is 0. The third-order valence-electron chi connectivity index (χ3n) is 1.93. The van der Waals surface area contributed by atoms with Gasteiger partial charge in [0, 0.05) is 12.3 Å². The Balaban J connectivity index is 2.29. The summed E-state index contributed by atoms with van der Waals surface area (Å²) in [5.74, 6) is 0.327. The number of hydrogen-bond donors (Lipinski definition) is 2. The predicted octanol–water partition coefficient (Wildman–Crippen LogP) is 0.692. The van der Waals surface area contributed by atoms with Crippen LogP contribution in [0.1, 0.15) is 6.92 Å². The molecule has 18 heavy (non-hydrogen) atoms. The Morgan fingerprint density at radius 3 is 3.00 bits per heavy atom. The molecule has 2 heterocycles. The van der Waals surface area contributed by atoms with Crippen LogP contribution in [0.25, 0.3) is 0 Å². The molecule has 0 aliphatic heterocycles. The summed E-state index contributed by atoms with van der Waals surface area (Å²) in [6, 6.07) is 1.33. The summed E-state index contributed by atoms with van der Waals surface area (Å²) in [4.78, 5) is 25.7. The van der Waals surface area contributed by atoms with E-state index in [4.69, 9.17) is 10.5 Å². The van der Waals surface area contributed by atoms with E-state index in [0.29, 0.717) is 28.4 Å². The van der Waals surface area contributed by atoms with Gasteiger partial charge in [-0.05, 0) is 18.7 Å². The van der Waals surface area contributed by atoms with Crippen LogP contribution < -0.4 is 16.0 Å². The van der Waals surface area contributed by atoms with Crippen LogP contribution in [-0.2, 0) is 0 Å². The molecule has 0 aliphatic rings. The minimum Gasteiger partial charge on any atom is -0.476 e. The van der Waals surface area contributed by atoms with E-state index in [1.54, 1.807) is 0 Å². The van der Waals surface area contributed by atoms with E-state index < -0.39 is 0 Å². The Morgan fingerprint density at radius 1 is 1.44 bits per heavy atom. The van der Waals surface area contributed by atoms with Crippen LogP contribution in [0.3, 0.4) is 0 Å². The van der Waals surface area contributed by atoms with E-state index in [1.165, 1.54) is 18.6 Å². The van der Waals surface area contributed by atoms with E-state index in [1.807, 2.05) is 6.92 Å². The maximum atomic E-state index is 11.1. The van der Waals surface area contributed by atoms with Gasteiger partial charge in [-0.1, -0.05) is 0 Å². The van der Waals surface area contributed by atoms with Crippen molar-refractivity contribution in [1.82, 2.24) is 19.9 Å². The number of ether oxygens (including phenoxy) is 1. The van der Waals surface area contributed by atoms with Crippen molar-refractivity contribution in [2.24, 2.45) is 0 Å². The second-order valence-corrected chi connectivity index (χ2v) is 4.15. The lowest BCUT2D eigenvalue weighted by molar-refractivity contribution is 0.327. The lowest BCUT2D eigenvalue weighted by Gasteiger charge is -2.07. The van der Waals surface area contributed by atoms with Gasteiger partial charge in [0.2, 0.25) is 5.88 Å². The topological polar surface area (TPSA) is 107 Å². The van der Waals surface area contributed by atoms with Crippen molar-refractivity contribution in [1.29, 1.82) is 0 Å². The third-order valence-corrected chi connectivity index (χ3v) is 2.85. The minimum absolute atomic E-state index is 0.231. The highest BCUT2D eigenvalue weighted by Crippen LogP contribution is 2.31. The summed E-state index contributed by atoms with van der Waals surface area (Å²) in [6.07, 6.45) is 2.77. The molecule has 2 aromatic rings. The van der Waals surface area contributed by atoms with Gasteiger partial charge in [-0.15, -0.1) is 0 Å². The van der Waals surface area contributed by atoms with Crippen LogP contribution in [-0.4, -0.2) is 26.5 Å². The Hall–Kier alpha value is -2.09. The molecule has 0 unspecified atom stereocenters. The zero-order valence-corrected chi connectivity index (χ0v) is 10.4. The first-order valence-electron chi connectivity index (χ1n) is 5.17. The van der Waals surface area contributed by atoms with Crippen molar-refractivity contribution in [3.05, 3.63) is 28.9 Å². The molecule has 0 saturated carbocycles. The number of nitrogen functional groups attached to an aromatic ring is 1. The molecular formula is C10H11N5O2S. The molecule has 3 N–H and O–H groups in total. The Kier molecular flexibility index (Phi) is 3.78. The Labute approximate surface area is 107 Å². The summed E-state index contributed by atoms with van der Waals surface area (Å²) in [6.45, 7) is 2.30. The summed E-state index contributed by atoms with van der Waals surface area (Å²) < 4.78 is 5.26. The quantitative estimate of drug-likeness (QED) is 0.618. The molecule has 0 spiro atoms. The maximum absolute atomic E-state index is 11.1. The third kappa shape index (κ3) is 2.77. The average Bonchev–Trinajstić information content (AvgIpc) is 2.35. The van der Waals surface area contributed by atoms with Gasteiger partial charge in [-0.3, -0.25) is 4.79 Å². The molecule has 0 saturated heterocycles. The molecule has 0 aliphatic carbocycles. The lowest BCUT2D eigenvalue weighted by atomic mass is 10.5. The van der Waals surface area contributed by atoms with Gasteiger partial charge in [-0.2, -0.15) is 4.98 Å². The number of aromatic nitrogens is 4. The van der Waals surface area contributed by atoms with E-state index in [0.717, 1.165) is 11.8 Å². The summed E-state index contributed by atoms with van der Waals surface area (Å²) >= 11 is 1.15. The first-order valence-corrected chi connectivity index (χ1v) is 5.98. The number of nitrogens with one attached hydrogen (secondary N) is 1. The number of H-pyrrole nitrogens is 1. The molecule has 0 aromatic carbocycles. The van der Waals surface area contributed by atoms with Gasteiger partial charge < -0.3 is 15.5 Å². The molecule has 2 rings (SSSR count). The lowest BCUT2D eigenvalue weighted by Crippen LogP contribution is -2.06. The Bertz CT molecular complexity index is 601. The highest BCUT2D eigenvalue weighted by Gasteiger charge is 2.11. The standard InChI is InChI=1S/C10H11N5O2S/c1-2-17-8-7(11)9(14-5-13-8)18-10-12-4-3-6(16)15-10/h3-5H,2,11H2,1H3,(H,12,15,16). The number of nitrogens with zero attached hydrogens (tertiary/aromatic N) is 3. The van der Waals surface area contributed by atoms with Gasteiger partial charge in [0.25, 0.3) is 5.56 Å². The molecule has 0 amide bonds. The summed E-state index contributed by atoms with van der Waals surface area (Å²) in [5.41, 5.74) is 5.96. The fraction of sp³-hybridized carbons (Fsp3) is 0.200. The van der Waals surface area contributed by atoms with Crippen molar-refractivity contribution < 1.29 is 4.74 Å². The Morgan fingerprint density at radius 2 is 2.28 bits per heavy atom. The smallest absolute Gasteiger partial charge is 0.251 e. The van der Waals surface area contributed by atoms with E-state index >= 15 is 0 Å². The fourth-order valence-electron chi connectivity index (χ4n) is 1.19. The highest BCUT2D eigenvalue weighted by molar-refractivity contribution is 7.99. The minimum atomic E-state index is -0.231. The SMILES string of the molecule is CCOc1ncnc(Sc2nccc(=O)[nH]2)c1N. The van der Waals surface area contributed by atoms with Crippen molar-refractivity contribution in [2.45, 2.75) is 17.1 Å². The van der Waals surface area contributed by atoms with Crippen LogP contribution in [0.4, 0.5) is 5.69 Å². The second-order valence-electron chi connectivity index (χ2n) is 3.17. The monoisotopic (exact) mass is 265 g/mol. The zero-order valence-electron chi connectivity index (χ0n) is 9.58. The van der Waals surface area contributed by atoms with E-state index in [2.05, 4.69) is 19.9 Å². The van der Waals surface area contributed by atoms with E-state index in [-0.39, 0.29) is 5.56 Å². The number of hydrogen-bond acceptors (Lipinski definition) is 7. The normalized spacial score (nSPS) is 10.3. The largest absolute Gasteiger partial charge is 0.476 e. The molecule has 2 aromatic heterocycles. The molecule has 0 atom stereocenters. The first kappa shape index (κ1) is 12.4. The number of nitrogens with two attached hydrogens (primary N) is 1. The molecule has 8 heteroatoms. The average molecular weight is 265 g/mol. The van der Waals surface area contributed by atoms with Crippen molar-refractivity contribution >= 4 is 17.4 Å². The molecule has 94 valence electrons.